The van der Waals surface area contributed by atoms with Crippen LogP contribution >= 0.6 is 15.9 Å². The molecule has 2 aliphatic heterocycles. The molecule has 0 saturated carbocycles. The van der Waals surface area contributed by atoms with Gasteiger partial charge in [0.25, 0.3) is 0 Å². The third-order valence-electron chi connectivity index (χ3n) is 5.40. The molecule has 0 aliphatic carbocycles. The van der Waals surface area contributed by atoms with E-state index in [9.17, 15) is 13.2 Å². The molecule has 0 saturated heterocycles. The number of nitrogens with zero attached hydrogens (tertiary/aromatic N) is 2. The topological polar surface area (TPSA) is 57.7 Å². The smallest absolute Gasteiger partial charge is 0.244 e. The van der Waals surface area contributed by atoms with Crippen LogP contribution in [0.2, 0.25) is 0 Å². The van der Waals surface area contributed by atoms with Crippen LogP contribution in [0.1, 0.15) is 30.5 Å². The second-order valence-electron chi connectivity index (χ2n) is 7.21. The molecule has 1 atom stereocenters. The van der Waals surface area contributed by atoms with Gasteiger partial charge in [0.1, 0.15) is 0 Å². The molecular formula is C20H21BrN2O3S. The van der Waals surface area contributed by atoms with E-state index in [1.807, 2.05) is 31.2 Å². The third-order valence-corrected chi connectivity index (χ3v) is 8.21. The molecule has 0 aromatic heterocycles. The molecule has 0 fully saturated rings. The van der Waals surface area contributed by atoms with Crippen molar-refractivity contribution in [2.24, 2.45) is 0 Å². The van der Waals surface area contributed by atoms with Crippen LogP contribution < -0.4 is 4.90 Å². The first-order valence-electron chi connectivity index (χ1n) is 8.98. The van der Waals surface area contributed by atoms with E-state index in [-0.39, 0.29) is 16.8 Å². The van der Waals surface area contributed by atoms with Crippen LogP contribution in [-0.2, 0) is 34.2 Å². The summed E-state index contributed by atoms with van der Waals surface area (Å²) in [6.07, 6.45) is 1.43. The Bertz CT molecular complexity index is 1040. The van der Waals surface area contributed by atoms with E-state index in [1.165, 1.54) is 16.8 Å². The van der Waals surface area contributed by atoms with Crippen LogP contribution in [0.5, 0.6) is 0 Å². The Morgan fingerprint density at radius 3 is 2.56 bits per heavy atom. The molecule has 142 valence electrons. The molecule has 2 aromatic carbocycles. The number of fused-ring (bicyclic) bond motifs is 2. The highest BCUT2D eigenvalue weighted by atomic mass is 79.9. The maximum atomic E-state index is 13.4. The minimum atomic E-state index is -3.68. The minimum absolute atomic E-state index is 0.0317. The number of hydrogen-bond donors (Lipinski definition) is 0. The quantitative estimate of drug-likeness (QED) is 0.706. The largest absolute Gasteiger partial charge is 0.309 e. The average Bonchev–Trinajstić information content (AvgIpc) is 2.95. The number of carbonyl (C=O) groups excluding carboxylic acids is 1. The zero-order valence-electron chi connectivity index (χ0n) is 15.3. The predicted molar refractivity (Wildman–Crippen MR) is 108 cm³/mol. The van der Waals surface area contributed by atoms with Gasteiger partial charge < -0.3 is 4.90 Å². The standard InChI is InChI=1S/C20H21BrN2O3S/c1-13-9-17-10-18(21)20(11-19(17)23(13)14(2)24)27(25,26)22-8-7-15-5-3-4-6-16(15)12-22/h3-6,10-11,13H,7-9,12H2,1-2H3/t13-/m1/s1. The van der Waals surface area contributed by atoms with Gasteiger partial charge >= 0.3 is 0 Å². The molecule has 7 heteroatoms. The van der Waals surface area contributed by atoms with Gasteiger partial charge in [-0.2, -0.15) is 4.31 Å². The van der Waals surface area contributed by atoms with Crippen LogP contribution in [0.3, 0.4) is 0 Å². The number of sulfonamides is 1. The number of halogens is 1. The van der Waals surface area contributed by atoms with Crippen LogP contribution in [0.4, 0.5) is 5.69 Å². The molecule has 27 heavy (non-hydrogen) atoms. The van der Waals surface area contributed by atoms with E-state index < -0.39 is 10.0 Å². The van der Waals surface area contributed by atoms with Gasteiger partial charge in [0.2, 0.25) is 15.9 Å². The Kier molecular flexibility index (Phi) is 4.64. The fraction of sp³-hybridized carbons (Fsp3) is 0.350. The van der Waals surface area contributed by atoms with Crippen molar-refractivity contribution in [1.29, 1.82) is 0 Å². The number of rotatable bonds is 2. The summed E-state index contributed by atoms with van der Waals surface area (Å²) < 4.78 is 28.8. The third kappa shape index (κ3) is 3.11. The van der Waals surface area contributed by atoms with Gasteiger partial charge in [-0.3, -0.25) is 4.79 Å². The lowest BCUT2D eigenvalue weighted by Gasteiger charge is -2.29. The molecule has 0 radical (unpaired) electrons. The SMILES string of the molecule is CC(=O)N1c2cc(S(=O)(=O)N3CCc4ccccc4C3)c(Br)cc2C[C@H]1C. The van der Waals surface area contributed by atoms with Crippen LogP contribution in [0.25, 0.3) is 0 Å². The predicted octanol–water partition coefficient (Wildman–Crippen LogP) is 3.49. The normalized spacial score (nSPS) is 19.7. The summed E-state index contributed by atoms with van der Waals surface area (Å²) in [5.41, 5.74) is 3.94. The van der Waals surface area contributed by atoms with Crippen molar-refractivity contribution in [2.75, 3.05) is 11.4 Å². The van der Waals surface area contributed by atoms with E-state index in [1.54, 1.807) is 11.0 Å². The Hall–Kier alpha value is -1.70. The molecule has 0 spiro atoms. The minimum Gasteiger partial charge on any atom is -0.309 e. The van der Waals surface area contributed by atoms with Gasteiger partial charge in [-0.1, -0.05) is 24.3 Å². The Labute approximate surface area is 168 Å². The first-order chi connectivity index (χ1) is 12.8. The van der Waals surface area contributed by atoms with Gasteiger partial charge in [-0.15, -0.1) is 0 Å². The van der Waals surface area contributed by atoms with E-state index >= 15 is 0 Å². The fourth-order valence-electron chi connectivity index (χ4n) is 4.11. The second-order valence-corrected chi connectivity index (χ2v) is 9.97. The molecule has 0 N–H and O–H groups in total. The molecule has 2 aromatic rings. The maximum Gasteiger partial charge on any atom is 0.244 e. The highest BCUT2D eigenvalue weighted by Crippen LogP contribution is 2.39. The van der Waals surface area contributed by atoms with Crippen molar-refractivity contribution in [1.82, 2.24) is 4.31 Å². The molecule has 2 aliphatic rings. The summed E-state index contributed by atoms with van der Waals surface area (Å²) in [7, 11) is -3.68. The first-order valence-corrected chi connectivity index (χ1v) is 11.2. The molecule has 4 rings (SSSR count). The summed E-state index contributed by atoms with van der Waals surface area (Å²) >= 11 is 3.45. The fourth-order valence-corrected chi connectivity index (χ4v) is 6.60. The monoisotopic (exact) mass is 448 g/mol. The molecule has 0 unspecified atom stereocenters. The van der Waals surface area contributed by atoms with Gasteiger partial charge in [-0.05, 0) is 64.5 Å². The lowest BCUT2D eigenvalue weighted by molar-refractivity contribution is -0.116. The van der Waals surface area contributed by atoms with Gasteiger partial charge in [0, 0.05) is 36.2 Å². The van der Waals surface area contributed by atoms with Crippen LogP contribution in [0, 0.1) is 0 Å². The van der Waals surface area contributed by atoms with Crippen molar-refractivity contribution in [3.05, 3.63) is 57.6 Å². The van der Waals surface area contributed by atoms with E-state index in [0.717, 1.165) is 17.5 Å². The molecule has 1 amide bonds. The lowest BCUT2D eigenvalue weighted by atomic mass is 10.0. The number of anilines is 1. The van der Waals surface area contributed by atoms with Crippen molar-refractivity contribution < 1.29 is 13.2 Å². The van der Waals surface area contributed by atoms with Crippen molar-refractivity contribution in [2.45, 2.75) is 44.2 Å². The van der Waals surface area contributed by atoms with Gasteiger partial charge in [0.05, 0.1) is 4.90 Å². The Morgan fingerprint density at radius 1 is 1.15 bits per heavy atom. The van der Waals surface area contributed by atoms with E-state index in [4.69, 9.17) is 0 Å². The Morgan fingerprint density at radius 2 is 1.85 bits per heavy atom. The highest BCUT2D eigenvalue weighted by Gasteiger charge is 2.34. The molecule has 0 bridgehead atoms. The van der Waals surface area contributed by atoms with Crippen LogP contribution in [-0.4, -0.2) is 31.2 Å². The summed E-state index contributed by atoms with van der Waals surface area (Å²) in [5, 5.41) is 0. The summed E-state index contributed by atoms with van der Waals surface area (Å²) in [4.78, 5) is 14.0. The zero-order chi connectivity index (χ0) is 19.3. The summed E-state index contributed by atoms with van der Waals surface area (Å²) in [5.74, 6) is -0.0705. The Balaban J connectivity index is 1.74. The van der Waals surface area contributed by atoms with Crippen LogP contribution in [0.15, 0.2) is 45.8 Å². The zero-order valence-corrected chi connectivity index (χ0v) is 17.7. The maximum absolute atomic E-state index is 13.4. The highest BCUT2D eigenvalue weighted by molar-refractivity contribution is 9.10. The van der Waals surface area contributed by atoms with E-state index in [0.29, 0.717) is 29.7 Å². The number of carbonyl (C=O) groups is 1. The number of benzene rings is 2. The first kappa shape index (κ1) is 18.7. The average molecular weight is 449 g/mol. The van der Waals surface area contributed by atoms with Crippen molar-refractivity contribution >= 4 is 37.5 Å². The molecule has 5 nitrogen and oxygen atoms in total. The molecule has 2 heterocycles. The van der Waals surface area contributed by atoms with Crippen molar-refractivity contribution in [3.8, 4) is 0 Å². The van der Waals surface area contributed by atoms with Crippen molar-refractivity contribution in [3.63, 3.8) is 0 Å². The number of hydrogen-bond acceptors (Lipinski definition) is 3. The second kappa shape index (κ2) is 6.72. The van der Waals surface area contributed by atoms with E-state index in [2.05, 4.69) is 22.0 Å². The lowest BCUT2D eigenvalue weighted by Crippen LogP contribution is -2.36. The summed E-state index contributed by atoms with van der Waals surface area (Å²) in [6.45, 7) is 4.32. The van der Waals surface area contributed by atoms with Gasteiger partial charge in [0.15, 0.2) is 0 Å². The molecular weight excluding hydrogens is 428 g/mol. The number of amides is 1. The summed E-state index contributed by atoms with van der Waals surface area (Å²) in [6, 6.07) is 11.5. The van der Waals surface area contributed by atoms with Gasteiger partial charge in [-0.25, -0.2) is 8.42 Å².